The minimum Gasteiger partial charge on any atom is -0.493 e. The van der Waals surface area contributed by atoms with Gasteiger partial charge in [0.25, 0.3) is 0 Å². The fourth-order valence-electron chi connectivity index (χ4n) is 3.07. The second kappa shape index (κ2) is 12.2. The molecule has 7 nitrogen and oxygen atoms in total. The van der Waals surface area contributed by atoms with Crippen molar-refractivity contribution < 1.29 is 28.9 Å². The van der Waals surface area contributed by atoms with E-state index in [9.17, 15) is 4.79 Å². The number of hydrogen-bond acceptors (Lipinski definition) is 6. The van der Waals surface area contributed by atoms with E-state index in [2.05, 4.69) is 5.48 Å². The van der Waals surface area contributed by atoms with E-state index in [1.54, 1.807) is 32.6 Å². The number of aliphatic carboxylic acids is 1. The standard InChI is InChI=1S/C26H27NO6/c1-30-25-16-19(11-15-26(28)29)10-14-24(25)33-17-20-8-12-22(13-9-20)32-18-23(27-31-2)21-6-4-3-5-7-21/h3-10,12-14,16,18,27H,11,15,17H2,1-2H3,(H,28,29). The summed E-state index contributed by atoms with van der Waals surface area (Å²) in [5.74, 6) is 1.01. The third-order valence-electron chi connectivity index (χ3n) is 4.78. The van der Waals surface area contributed by atoms with E-state index in [0.717, 1.165) is 16.7 Å². The molecule has 2 N–H and O–H groups in total. The number of hydrogen-bond donors (Lipinski definition) is 2. The SMILES string of the molecule is CONC(=COc1ccc(COc2ccc(CCC(=O)O)cc2OC)cc1)c1ccccc1. The number of rotatable bonds is 12. The Hall–Kier alpha value is -3.97. The second-order valence-corrected chi connectivity index (χ2v) is 7.13. The van der Waals surface area contributed by atoms with Crippen LogP contribution in [0.4, 0.5) is 0 Å². The predicted octanol–water partition coefficient (Wildman–Crippen LogP) is 4.82. The molecule has 3 aromatic carbocycles. The maximum atomic E-state index is 10.8. The molecular weight excluding hydrogens is 422 g/mol. The first-order chi connectivity index (χ1) is 16.1. The van der Waals surface area contributed by atoms with Gasteiger partial charge >= 0.3 is 5.97 Å². The molecule has 0 aliphatic rings. The van der Waals surface area contributed by atoms with Crippen LogP contribution in [0.3, 0.4) is 0 Å². The van der Waals surface area contributed by atoms with Crippen molar-refractivity contribution in [3.8, 4) is 17.2 Å². The summed E-state index contributed by atoms with van der Waals surface area (Å²) in [5.41, 5.74) is 6.30. The highest BCUT2D eigenvalue weighted by molar-refractivity contribution is 5.67. The van der Waals surface area contributed by atoms with E-state index in [4.69, 9.17) is 24.2 Å². The van der Waals surface area contributed by atoms with E-state index < -0.39 is 5.97 Å². The Balaban J connectivity index is 1.60. The number of carboxylic acid groups (broad SMARTS) is 1. The molecule has 0 aliphatic carbocycles. The van der Waals surface area contributed by atoms with Crippen LogP contribution in [0, 0.1) is 0 Å². The molecule has 7 heteroatoms. The van der Waals surface area contributed by atoms with Crippen LogP contribution in [0.15, 0.2) is 79.1 Å². The van der Waals surface area contributed by atoms with Gasteiger partial charge in [-0.15, -0.1) is 0 Å². The lowest BCUT2D eigenvalue weighted by atomic mass is 10.1. The molecule has 0 saturated carbocycles. The summed E-state index contributed by atoms with van der Waals surface area (Å²) in [6.07, 6.45) is 2.11. The number of carbonyl (C=O) groups is 1. The normalized spacial score (nSPS) is 11.0. The molecule has 0 fully saturated rings. The van der Waals surface area contributed by atoms with Gasteiger partial charge in [-0.05, 0) is 41.8 Å². The van der Waals surface area contributed by atoms with Gasteiger partial charge in [0, 0.05) is 12.0 Å². The first kappa shape index (κ1) is 23.7. The number of ether oxygens (including phenoxy) is 3. The number of hydroxylamine groups is 1. The Morgan fingerprint density at radius 1 is 0.939 bits per heavy atom. The van der Waals surface area contributed by atoms with Crippen molar-refractivity contribution >= 4 is 11.7 Å². The molecule has 3 aromatic rings. The van der Waals surface area contributed by atoms with Gasteiger partial charge in [0.1, 0.15) is 24.3 Å². The minimum absolute atomic E-state index is 0.0708. The van der Waals surface area contributed by atoms with E-state index >= 15 is 0 Å². The zero-order valence-electron chi connectivity index (χ0n) is 18.6. The minimum atomic E-state index is -0.830. The Morgan fingerprint density at radius 2 is 1.67 bits per heavy atom. The first-order valence-corrected chi connectivity index (χ1v) is 10.4. The fourth-order valence-corrected chi connectivity index (χ4v) is 3.07. The number of carboxylic acids is 1. The average molecular weight is 450 g/mol. The molecule has 3 rings (SSSR count). The average Bonchev–Trinajstić information content (AvgIpc) is 2.85. The topological polar surface area (TPSA) is 86.2 Å². The monoisotopic (exact) mass is 449 g/mol. The highest BCUT2D eigenvalue weighted by Gasteiger charge is 2.08. The molecule has 0 aliphatic heterocycles. The summed E-state index contributed by atoms with van der Waals surface area (Å²) in [6.45, 7) is 0.349. The Kier molecular flexibility index (Phi) is 8.73. The molecule has 0 aromatic heterocycles. The van der Waals surface area contributed by atoms with Crippen molar-refractivity contribution in [1.29, 1.82) is 0 Å². The van der Waals surface area contributed by atoms with Gasteiger partial charge in [0.15, 0.2) is 11.5 Å². The van der Waals surface area contributed by atoms with Gasteiger partial charge in [0.2, 0.25) is 0 Å². The number of benzene rings is 3. The van der Waals surface area contributed by atoms with E-state index in [0.29, 0.717) is 36.0 Å². The summed E-state index contributed by atoms with van der Waals surface area (Å²) in [6, 6.07) is 22.7. The molecule has 0 amide bonds. The third kappa shape index (κ3) is 7.29. The lowest BCUT2D eigenvalue weighted by Crippen LogP contribution is -2.11. The van der Waals surface area contributed by atoms with Crippen LogP contribution in [0.2, 0.25) is 0 Å². The van der Waals surface area contributed by atoms with Gasteiger partial charge in [-0.3, -0.25) is 15.1 Å². The van der Waals surface area contributed by atoms with Crippen LogP contribution in [-0.4, -0.2) is 25.3 Å². The maximum Gasteiger partial charge on any atom is 0.303 e. The van der Waals surface area contributed by atoms with Gasteiger partial charge in [-0.25, -0.2) is 0 Å². The Bertz CT molecular complexity index is 1060. The highest BCUT2D eigenvalue weighted by Crippen LogP contribution is 2.29. The lowest BCUT2D eigenvalue weighted by Gasteiger charge is -2.13. The van der Waals surface area contributed by atoms with E-state index in [-0.39, 0.29) is 6.42 Å². The number of nitrogens with one attached hydrogen (secondary N) is 1. The molecule has 0 saturated heterocycles. The summed E-state index contributed by atoms with van der Waals surface area (Å²) >= 11 is 0. The van der Waals surface area contributed by atoms with Crippen LogP contribution in [0.25, 0.3) is 5.70 Å². The molecule has 0 atom stereocenters. The number of aryl methyl sites for hydroxylation is 1. The van der Waals surface area contributed by atoms with Crippen LogP contribution >= 0.6 is 0 Å². The van der Waals surface area contributed by atoms with Crippen molar-refractivity contribution in [1.82, 2.24) is 5.48 Å². The van der Waals surface area contributed by atoms with Crippen LogP contribution < -0.4 is 19.7 Å². The summed E-state index contributed by atoms with van der Waals surface area (Å²) in [7, 11) is 3.11. The molecule has 33 heavy (non-hydrogen) atoms. The molecule has 0 unspecified atom stereocenters. The van der Waals surface area contributed by atoms with Crippen molar-refractivity contribution in [3.63, 3.8) is 0 Å². The van der Waals surface area contributed by atoms with Gasteiger partial charge in [-0.1, -0.05) is 48.5 Å². The van der Waals surface area contributed by atoms with Crippen LogP contribution in [-0.2, 0) is 22.7 Å². The first-order valence-electron chi connectivity index (χ1n) is 10.4. The van der Waals surface area contributed by atoms with E-state index in [1.165, 1.54) is 0 Å². The van der Waals surface area contributed by atoms with Crippen molar-refractivity contribution in [3.05, 3.63) is 95.7 Å². The lowest BCUT2D eigenvalue weighted by molar-refractivity contribution is -0.136. The summed E-state index contributed by atoms with van der Waals surface area (Å²) < 4.78 is 17.1. The summed E-state index contributed by atoms with van der Waals surface area (Å²) in [4.78, 5) is 15.8. The predicted molar refractivity (Wildman–Crippen MR) is 125 cm³/mol. The second-order valence-electron chi connectivity index (χ2n) is 7.13. The van der Waals surface area contributed by atoms with Crippen LogP contribution in [0.5, 0.6) is 17.2 Å². The van der Waals surface area contributed by atoms with Gasteiger partial charge < -0.3 is 19.3 Å². The van der Waals surface area contributed by atoms with Crippen molar-refractivity contribution in [2.75, 3.05) is 14.2 Å². The third-order valence-corrected chi connectivity index (χ3v) is 4.78. The van der Waals surface area contributed by atoms with Crippen molar-refractivity contribution in [2.24, 2.45) is 0 Å². The molecule has 0 heterocycles. The van der Waals surface area contributed by atoms with Gasteiger partial charge in [-0.2, -0.15) is 0 Å². The Labute approximate surface area is 193 Å². The molecule has 172 valence electrons. The quantitative estimate of drug-likeness (QED) is 0.303. The number of methoxy groups -OCH3 is 1. The fraction of sp³-hybridized carbons (Fsp3) is 0.192. The zero-order valence-corrected chi connectivity index (χ0v) is 18.6. The van der Waals surface area contributed by atoms with Crippen molar-refractivity contribution in [2.45, 2.75) is 19.4 Å². The Morgan fingerprint density at radius 3 is 2.33 bits per heavy atom. The van der Waals surface area contributed by atoms with E-state index in [1.807, 2.05) is 60.7 Å². The van der Waals surface area contributed by atoms with Gasteiger partial charge in [0.05, 0.1) is 14.2 Å². The molecule has 0 radical (unpaired) electrons. The molecule has 0 bridgehead atoms. The van der Waals surface area contributed by atoms with Crippen LogP contribution in [0.1, 0.15) is 23.1 Å². The zero-order chi connectivity index (χ0) is 23.5. The summed E-state index contributed by atoms with van der Waals surface area (Å²) in [5, 5.41) is 8.85. The molecule has 0 spiro atoms. The smallest absolute Gasteiger partial charge is 0.303 e. The maximum absolute atomic E-state index is 10.8. The largest absolute Gasteiger partial charge is 0.493 e. The highest BCUT2D eigenvalue weighted by atomic mass is 16.6. The molecular formula is C26H27NO6.